The molecule has 0 aliphatic carbocycles. The Balaban J connectivity index is 2.83. The molecular formula is C8H8ClN2S2-. The maximum atomic E-state index is 5.69. The zero-order valence-corrected chi connectivity index (χ0v) is 9.42. The second kappa shape index (κ2) is 4.69. The average molecular weight is 232 g/mol. The molecule has 0 aliphatic rings. The number of rotatable bonds is 2. The van der Waals surface area contributed by atoms with Crippen molar-refractivity contribution in [1.29, 1.82) is 0 Å². The largest absolute Gasteiger partial charge is 0.411 e. The van der Waals surface area contributed by atoms with E-state index >= 15 is 0 Å². The van der Waals surface area contributed by atoms with Gasteiger partial charge in [-0.05, 0) is 6.92 Å². The summed E-state index contributed by atoms with van der Waals surface area (Å²) in [7, 11) is 0. The Kier molecular flexibility index (Phi) is 3.84. The lowest BCUT2D eigenvalue weighted by Crippen LogP contribution is -2.08. The molecule has 0 N–H and O–H groups in total. The van der Waals surface area contributed by atoms with Crippen molar-refractivity contribution in [2.75, 3.05) is 0 Å². The Morgan fingerprint density at radius 1 is 1.85 bits per heavy atom. The van der Waals surface area contributed by atoms with E-state index in [0.717, 1.165) is 10.9 Å². The molecular weight excluding hydrogens is 224 g/mol. The molecule has 2 nitrogen and oxygen atoms in total. The first-order valence-electron chi connectivity index (χ1n) is 3.67. The van der Waals surface area contributed by atoms with Crippen molar-refractivity contribution in [1.82, 2.24) is 9.55 Å². The SMILES string of the molecule is C/C(Cl)=C/Cc1nccn1C(=S)[S-]. The molecule has 1 heterocycles. The van der Waals surface area contributed by atoms with E-state index in [0.29, 0.717) is 10.7 Å². The van der Waals surface area contributed by atoms with E-state index in [1.54, 1.807) is 17.0 Å². The van der Waals surface area contributed by atoms with E-state index in [4.69, 9.17) is 36.4 Å². The highest BCUT2D eigenvalue weighted by molar-refractivity contribution is 8.00. The van der Waals surface area contributed by atoms with Crippen molar-refractivity contribution in [3.05, 3.63) is 29.3 Å². The highest BCUT2D eigenvalue weighted by Crippen LogP contribution is 2.04. The Morgan fingerprint density at radius 2 is 2.54 bits per heavy atom. The highest BCUT2D eigenvalue weighted by Gasteiger charge is 1.98. The molecule has 0 spiro atoms. The lowest BCUT2D eigenvalue weighted by molar-refractivity contribution is 0.987. The quantitative estimate of drug-likeness (QED) is 0.575. The molecule has 0 amide bonds. The third kappa shape index (κ3) is 3.06. The molecule has 0 atom stereocenters. The van der Waals surface area contributed by atoms with Crippen LogP contribution in [0.25, 0.3) is 0 Å². The fourth-order valence-electron chi connectivity index (χ4n) is 0.883. The second-order valence-electron chi connectivity index (χ2n) is 2.47. The number of allylic oxidation sites excluding steroid dienone is 2. The van der Waals surface area contributed by atoms with Crippen LogP contribution in [0.15, 0.2) is 23.5 Å². The van der Waals surface area contributed by atoms with Crippen LogP contribution in [0.1, 0.15) is 12.7 Å². The van der Waals surface area contributed by atoms with E-state index in [1.165, 1.54) is 0 Å². The molecule has 1 rings (SSSR count). The van der Waals surface area contributed by atoms with Gasteiger partial charge in [-0.25, -0.2) is 4.98 Å². The number of hydrogen-bond donors (Lipinski definition) is 0. The van der Waals surface area contributed by atoms with Gasteiger partial charge in [0.15, 0.2) is 0 Å². The minimum absolute atomic E-state index is 0.383. The maximum absolute atomic E-state index is 5.69. The summed E-state index contributed by atoms with van der Waals surface area (Å²) in [5.74, 6) is 0.819. The van der Waals surface area contributed by atoms with Gasteiger partial charge in [0.25, 0.3) is 0 Å². The van der Waals surface area contributed by atoms with Gasteiger partial charge in [-0.1, -0.05) is 22.0 Å². The van der Waals surface area contributed by atoms with Crippen LogP contribution in [0.5, 0.6) is 0 Å². The minimum atomic E-state index is 0.383. The molecule has 0 saturated heterocycles. The topological polar surface area (TPSA) is 17.8 Å². The fourth-order valence-corrected chi connectivity index (χ4v) is 1.29. The number of halogens is 1. The first-order valence-corrected chi connectivity index (χ1v) is 4.86. The molecule has 70 valence electrons. The number of imidazole rings is 1. The lowest BCUT2D eigenvalue weighted by atomic mass is 10.3. The zero-order valence-electron chi connectivity index (χ0n) is 7.03. The van der Waals surface area contributed by atoms with E-state index in [9.17, 15) is 0 Å². The van der Waals surface area contributed by atoms with Crippen LogP contribution < -0.4 is 0 Å². The summed E-state index contributed by atoms with van der Waals surface area (Å²) in [4.78, 5) is 4.11. The van der Waals surface area contributed by atoms with Crippen LogP contribution in [-0.4, -0.2) is 13.9 Å². The van der Waals surface area contributed by atoms with E-state index < -0.39 is 0 Å². The number of aromatic nitrogens is 2. The van der Waals surface area contributed by atoms with Gasteiger partial charge < -0.3 is 29.4 Å². The molecule has 0 bridgehead atoms. The molecule has 1 aromatic heterocycles. The normalized spacial score (nSPS) is 11.7. The summed E-state index contributed by atoms with van der Waals surface area (Å²) in [6.45, 7) is 1.82. The molecule has 0 aliphatic heterocycles. The van der Waals surface area contributed by atoms with Gasteiger partial charge in [0.1, 0.15) is 5.82 Å². The molecule has 5 heteroatoms. The van der Waals surface area contributed by atoms with E-state index in [2.05, 4.69) is 4.98 Å². The van der Waals surface area contributed by atoms with Crippen LogP contribution in [0.2, 0.25) is 0 Å². The molecule has 1 aromatic rings. The third-order valence-corrected chi connectivity index (χ3v) is 2.03. The Hall–Kier alpha value is -0.450. The smallest absolute Gasteiger partial charge is 0.115 e. The summed E-state index contributed by atoms with van der Waals surface area (Å²) < 4.78 is 2.08. The van der Waals surface area contributed by atoms with Crippen molar-refractivity contribution in [3.8, 4) is 0 Å². The summed E-state index contributed by atoms with van der Waals surface area (Å²) >= 11 is 15.4. The van der Waals surface area contributed by atoms with Crippen molar-refractivity contribution in [3.63, 3.8) is 0 Å². The van der Waals surface area contributed by atoms with Gasteiger partial charge in [-0.3, -0.25) is 0 Å². The molecule has 13 heavy (non-hydrogen) atoms. The summed E-state index contributed by atoms with van der Waals surface area (Å²) in [5, 5.41) is 0.741. The van der Waals surface area contributed by atoms with E-state index in [-0.39, 0.29) is 0 Å². The van der Waals surface area contributed by atoms with Crippen molar-refractivity contribution in [2.45, 2.75) is 13.3 Å². The van der Waals surface area contributed by atoms with Crippen molar-refractivity contribution in [2.24, 2.45) is 0 Å². The predicted octanol–water partition coefficient (Wildman–Crippen LogP) is 2.25. The number of hydrogen-bond acceptors (Lipinski definition) is 3. The average Bonchev–Trinajstić information content (AvgIpc) is 2.47. The molecule has 0 unspecified atom stereocenters. The highest BCUT2D eigenvalue weighted by atomic mass is 35.5. The standard InChI is InChI=1S/C8H9ClN2S2/c1-6(9)2-3-7-10-4-5-11(7)8(12)13/h2,4-5H,3H2,1H3,(H,12,13)/p-1/b6-2-. The maximum Gasteiger partial charge on any atom is 0.115 e. The van der Waals surface area contributed by atoms with Crippen LogP contribution in [0.4, 0.5) is 0 Å². The van der Waals surface area contributed by atoms with Gasteiger partial charge in [-0.15, -0.1) is 0 Å². The van der Waals surface area contributed by atoms with E-state index in [1.807, 2.05) is 13.0 Å². The zero-order chi connectivity index (χ0) is 9.84. The summed E-state index contributed by atoms with van der Waals surface area (Å²) in [5.41, 5.74) is 0. The van der Waals surface area contributed by atoms with Crippen LogP contribution in [0.3, 0.4) is 0 Å². The third-order valence-electron chi connectivity index (χ3n) is 1.48. The summed E-state index contributed by atoms with van der Waals surface area (Å²) in [6.07, 6.45) is 5.94. The monoisotopic (exact) mass is 231 g/mol. The van der Waals surface area contributed by atoms with Crippen LogP contribution in [-0.2, 0) is 19.0 Å². The first-order chi connectivity index (χ1) is 6.11. The fraction of sp³-hybridized carbons (Fsp3) is 0.250. The van der Waals surface area contributed by atoms with Gasteiger partial charge in [0.05, 0.1) is 0 Å². The number of nitrogens with zero attached hydrogens (tertiary/aromatic N) is 2. The second-order valence-corrected chi connectivity index (χ2v) is 4.10. The van der Waals surface area contributed by atoms with Crippen molar-refractivity contribution < 1.29 is 0 Å². The Morgan fingerprint density at radius 3 is 3.08 bits per heavy atom. The predicted molar refractivity (Wildman–Crippen MR) is 60.9 cm³/mol. The van der Waals surface area contributed by atoms with Crippen LogP contribution >= 0.6 is 23.8 Å². The van der Waals surface area contributed by atoms with Gasteiger partial charge in [0.2, 0.25) is 0 Å². The molecule has 0 radical (unpaired) electrons. The van der Waals surface area contributed by atoms with Crippen LogP contribution in [0, 0.1) is 0 Å². The molecule has 0 aromatic carbocycles. The van der Waals surface area contributed by atoms with Gasteiger partial charge in [0, 0.05) is 23.8 Å². The van der Waals surface area contributed by atoms with Crippen molar-refractivity contribution >= 4 is 40.8 Å². The Labute approximate surface area is 93.0 Å². The van der Waals surface area contributed by atoms with Gasteiger partial charge >= 0.3 is 0 Å². The lowest BCUT2D eigenvalue weighted by Gasteiger charge is -2.09. The molecule has 0 fully saturated rings. The Bertz CT molecular complexity index is 340. The van der Waals surface area contributed by atoms with Gasteiger partial charge in [-0.2, -0.15) is 0 Å². The summed E-state index contributed by atoms with van der Waals surface area (Å²) in [6, 6.07) is 0. The minimum Gasteiger partial charge on any atom is -0.411 e. The molecule has 0 saturated carbocycles. The number of thiocarbonyl (C=S) groups is 1. The first kappa shape index (κ1) is 10.6.